The molecule has 0 bridgehead atoms. The lowest BCUT2D eigenvalue weighted by Crippen LogP contribution is -2.51. The zero-order valence-corrected chi connectivity index (χ0v) is 20.4. The summed E-state index contributed by atoms with van der Waals surface area (Å²) in [5.74, 6) is -0.907. The number of ether oxygens (including phenoxy) is 1. The van der Waals surface area contributed by atoms with Gasteiger partial charge in [0.1, 0.15) is 12.1 Å². The van der Waals surface area contributed by atoms with Crippen molar-refractivity contribution in [2.45, 2.75) is 56.4 Å². The van der Waals surface area contributed by atoms with Gasteiger partial charge in [-0.25, -0.2) is 13.2 Å². The molecule has 2 saturated heterocycles. The van der Waals surface area contributed by atoms with Crippen LogP contribution in [0.1, 0.15) is 44.6 Å². The number of hydrogen-bond donors (Lipinski definition) is 2. The van der Waals surface area contributed by atoms with Crippen molar-refractivity contribution >= 4 is 33.6 Å². The van der Waals surface area contributed by atoms with Crippen LogP contribution in [0.3, 0.4) is 0 Å². The van der Waals surface area contributed by atoms with E-state index in [0.717, 1.165) is 37.0 Å². The Hall–Kier alpha value is -2.50. The first-order chi connectivity index (χ1) is 16.1. The second kappa shape index (κ2) is 9.63. The number of sulfonamides is 1. The van der Waals surface area contributed by atoms with Crippen LogP contribution >= 0.6 is 0 Å². The van der Waals surface area contributed by atoms with Crippen molar-refractivity contribution in [2.75, 3.05) is 38.2 Å². The molecule has 0 aromatic heterocycles. The summed E-state index contributed by atoms with van der Waals surface area (Å²) in [5.41, 5.74) is -0.0141. The molecule has 34 heavy (non-hydrogen) atoms. The Bertz CT molecular complexity index is 1080. The second-order valence-corrected chi connectivity index (χ2v) is 11.3. The van der Waals surface area contributed by atoms with Gasteiger partial charge in [0.25, 0.3) is 5.91 Å². The van der Waals surface area contributed by atoms with E-state index in [1.807, 2.05) is 0 Å². The summed E-state index contributed by atoms with van der Waals surface area (Å²) in [6.07, 6.45) is 4.90. The van der Waals surface area contributed by atoms with E-state index in [1.54, 1.807) is 19.9 Å². The van der Waals surface area contributed by atoms with E-state index in [9.17, 15) is 22.8 Å². The van der Waals surface area contributed by atoms with Crippen LogP contribution in [-0.4, -0.2) is 73.9 Å². The van der Waals surface area contributed by atoms with Crippen molar-refractivity contribution in [2.24, 2.45) is 5.92 Å². The summed E-state index contributed by atoms with van der Waals surface area (Å²) in [7, 11) is -3.73. The molecule has 10 nitrogen and oxygen atoms in total. The van der Waals surface area contributed by atoms with E-state index in [0.29, 0.717) is 24.5 Å². The van der Waals surface area contributed by atoms with E-state index in [-0.39, 0.29) is 29.8 Å². The maximum Gasteiger partial charge on any atom is 0.325 e. The molecular weight excluding hydrogens is 460 g/mol. The molecule has 186 valence electrons. The van der Waals surface area contributed by atoms with E-state index in [4.69, 9.17) is 4.74 Å². The summed E-state index contributed by atoms with van der Waals surface area (Å²) in [4.78, 5) is 39.5. The van der Waals surface area contributed by atoms with Crippen molar-refractivity contribution < 1.29 is 27.5 Å². The van der Waals surface area contributed by atoms with E-state index < -0.39 is 34.0 Å². The van der Waals surface area contributed by atoms with Gasteiger partial charge in [0.2, 0.25) is 15.9 Å². The molecule has 4 amide bonds. The number of morpholine rings is 1. The maximum absolute atomic E-state index is 13.1. The van der Waals surface area contributed by atoms with E-state index >= 15 is 0 Å². The number of aryl methyl sites for hydroxylation is 1. The standard InChI is InChI=1S/C23H32N4O6S/c1-16-8-9-18(34(31,32)26-10-12-33-13-11-26)14-19(16)24-20(28)15-27-21(29)23(2,25-22(27)30)17-6-4-3-5-7-17/h8-9,14,17H,3-7,10-13,15H2,1-2H3,(H,24,28)(H,25,30)/t23-/m1/s1. The van der Waals surface area contributed by atoms with Crippen molar-refractivity contribution in [1.82, 2.24) is 14.5 Å². The topological polar surface area (TPSA) is 125 Å². The number of rotatable bonds is 6. The van der Waals surface area contributed by atoms with Crippen LogP contribution in [0.2, 0.25) is 0 Å². The van der Waals surface area contributed by atoms with Crippen molar-refractivity contribution in [3.63, 3.8) is 0 Å². The minimum atomic E-state index is -3.73. The molecule has 11 heteroatoms. The van der Waals surface area contributed by atoms with Crippen LogP contribution in [0.4, 0.5) is 10.5 Å². The fourth-order valence-corrected chi connectivity index (χ4v) is 6.42. The number of nitrogens with one attached hydrogen (secondary N) is 2. The van der Waals surface area contributed by atoms with E-state index in [2.05, 4.69) is 10.6 Å². The molecule has 1 aromatic rings. The fourth-order valence-electron chi connectivity index (χ4n) is 4.98. The molecular formula is C23H32N4O6S. The Morgan fingerprint density at radius 1 is 1.18 bits per heavy atom. The zero-order chi connectivity index (χ0) is 24.5. The van der Waals surface area contributed by atoms with Gasteiger partial charge in [-0.05, 0) is 50.3 Å². The van der Waals surface area contributed by atoms with Gasteiger partial charge in [-0.15, -0.1) is 0 Å². The lowest BCUT2D eigenvalue weighted by Gasteiger charge is -2.34. The molecule has 2 aliphatic heterocycles. The number of amides is 4. The van der Waals surface area contributed by atoms with Gasteiger partial charge in [0, 0.05) is 18.8 Å². The highest BCUT2D eigenvalue weighted by molar-refractivity contribution is 7.89. The molecule has 1 aromatic carbocycles. The van der Waals surface area contributed by atoms with Crippen molar-refractivity contribution in [3.8, 4) is 0 Å². The predicted molar refractivity (Wildman–Crippen MR) is 125 cm³/mol. The molecule has 0 unspecified atom stereocenters. The average molecular weight is 493 g/mol. The molecule has 2 heterocycles. The number of carbonyl (C=O) groups is 3. The first-order valence-electron chi connectivity index (χ1n) is 11.8. The van der Waals surface area contributed by atoms with Gasteiger partial charge in [-0.3, -0.25) is 14.5 Å². The van der Waals surface area contributed by atoms with Gasteiger partial charge in [0.05, 0.1) is 18.1 Å². The molecule has 3 aliphatic rings. The maximum atomic E-state index is 13.1. The Morgan fingerprint density at radius 2 is 1.85 bits per heavy atom. The molecule has 4 rings (SSSR count). The molecule has 1 atom stereocenters. The SMILES string of the molecule is Cc1ccc(S(=O)(=O)N2CCOCC2)cc1NC(=O)CN1C(=O)N[C@](C)(C2CCCCC2)C1=O. The Morgan fingerprint density at radius 3 is 2.53 bits per heavy atom. The number of nitrogens with zero attached hydrogens (tertiary/aromatic N) is 2. The molecule has 0 spiro atoms. The lowest BCUT2D eigenvalue weighted by atomic mass is 9.75. The molecule has 2 N–H and O–H groups in total. The van der Waals surface area contributed by atoms with Crippen LogP contribution in [0, 0.1) is 12.8 Å². The Balaban J connectivity index is 1.46. The quantitative estimate of drug-likeness (QED) is 0.584. The summed E-state index contributed by atoms with van der Waals surface area (Å²) in [6, 6.07) is 3.96. The first-order valence-corrected chi connectivity index (χ1v) is 13.2. The van der Waals surface area contributed by atoms with Crippen LogP contribution < -0.4 is 10.6 Å². The number of anilines is 1. The third-order valence-corrected chi connectivity index (χ3v) is 9.01. The van der Waals surface area contributed by atoms with Gasteiger partial charge in [-0.1, -0.05) is 25.3 Å². The molecule has 1 aliphatic carbocycles. The van der Waals surface area contributed by atoms with Crippen LogP contribution in [0.25, 0.3) is 0 Å². The first kappa shape index (κ1) is 24.6. The number of imide groups is 1. The summed E-state index contributed by atoms with van der Waals surface area (Å²) >= 11 is 0. The predicted octanol–water partition coefficient (Wildman–Crippen LogP) is 1.85. The largest absolute Gasteiger partial charge is 0.379 e. The number of urea groups is 1. The smallest absolute Gasteiger partial charge is 0.325 e. The number of hydrogen-bond acceptors (Lipinski definition) is 6. The van der Waals surface area contributed by atoms with Crippen LogP contribution in [-0.2, 0) is 24.3 Å². The van der Waals surface area contributed by atoms with Crippen molar-refractivity contribution in [1.29, 1.82) is 0 Å². The van der Waals surface area contributed by atoms with Gasteiger partial charge < -0.3 is 15.4 Å². The highest BCUT2D eigenvalue weighted by atomic mass is 32.2. The van der Waals surface area contributed by atoms with Crippen LogP contribution in [0.15, 0.2) is 23.1 Å². The second-order valence-electron chi connectivity index (χ2n) is 9.40. The van der Waals surface area contributed by atoms with Crippen LogP contribution in [0.5, 0.6) is 0 Å². The molecule has 1 saturated carbocycles. The minimum Gasteiger partial charge on any atom is -0.379 e. The summed E-state index contributed by atoms with van der Waals surface area (Å²) in [6.45, 7) is 4.25. The summed E-state index contributed by atoms with van der Waals surface area (Å²) < 4.78 is 32.5. The average Bonchev–Trinajstić information content (AvgIpc) is 3.05. The lowest BCUT2D eigenvalue weighted by molar-refractivity contribution is -0.135. The molecule has 3 fully saturated rings. The molecule has 0 radical (unpaired) electrons. The number of carbonyl (C=O) groups excluding carboxylic acids is 3. The summed E-state index contributed by atoms with van der Waals surface area (Å²) in [5, 5.41) is 5.49. The monoisotopic (exact) mass is 492 g/mol. The van der Waals surface area contributed by atoms with Crippen molar-refractivity contribution in [3.05, 3.63) is 23.8 Å². The van der Waals surface area contributed by atoms with Gasteiger partial charge in [-0.2, -0.15) is 4.31 Å². The zero-order valence-electron chi connectivity index (χ0n) is 19.6. The highest BCUT2D eigenvalue weighted by Gasteiger charge is 2.52. The highest BCUT2D eigenvalue weighted by Crippen LogP contribution is 2.36. The Labute approximate surface area is 200 Å². The fraction of sp³-hybridized carbons (Fsp3) is 0.609. The number of benzene rings is 1. The normalized spacial score (nSPS) is 24.8. The minimum absolute atomic E-state index is 0.0510. The van der Waals surface area contributed by atoms with Gasteiger partial charge >= 0.3 is 6.03 Å². The van der Waals surface area contributed by atoms with Gasteiger partial charge in [0.15, 0.2) is 0 Å². The third kappa shape index (κ3) is 4.69. The Kier molecular flexibility index (Phi) is 6.97. The van der Waals surface area contributed by atoms with E-state index in [1.165, 1.54) is 16.4 Å². The third-order valence-electron chi connectivity index (χ3n) is 7.12.